The summed E-state index contributed by atoms with van der Waals surface area (Å²) in [5.41, 5.74) is 2.86. The molecule has 5 nitrogen and oxygen atoms in total. The van der Waals surface area contributed by atoms with Crippen molar-refractivity contribution in [2.24, 2.45) is 0 Å². The molecule has 128 valence electrons. The van der Waals surface area contributed by atoms with E-state index in [-0.39, 0.29) is 23.2 Å². The molecule has 25 heavy (non-hydrogen) atoms. The van der Waals surface area contributed by atoms with Gasteiger partial charge in [-0.15, -0.1) is 5.10 Å². The average molecular weight is 359 g/mol. The van der Waals surface area contributed by atoms with Crippen molar-refractivity contribution in [1.82, 2.24) is 20.3 Å². The standard InChI is InChI=1S/C18H16ClFN4O/c1-2-12-3-7-15(8-4-12)24-11-17(22-23-24)18(25)21-10-13-5-6-14(20)9-16(13)19/h3-9,11H,2,10H2,1H3,(H,21,25). The number of hydrogen-bond acceptors (Lipinski definition) is 3. The molecule has 0 saturated heterocycles. The molecule has 3 rings (SSSR count). The van der Waals surface area contributed by atoms with Crippen LogP contribution in [0.25, 0.3) is 5.69 Å². The second-order valence-corrected chi connectivity index (χ2v) is 5.89. The van der Waals surface area contributed by atoms with E-state index in [0.717, 1.165) is 12.1 Å². The maximum atomic E-state index is 13.0. The van der Waals surface area contributed by atoms with E-state index >= 15 is 0 Å². The molecule has 0 aliphatic carbocycles. The Morgan fingerprint density at radius 3 is 2.68 bits per heavy atom. The molecule has 0 unspecified atom stereocenters. The zero-order chi connectivity index (χ0) is 17.8. The zero-order valence-corrected chi connectivity index (χ0v) is 14.3. The van der Waals surface area contributed by atoms with Gasteiger partial charge in [-0.05, 0) is 41.8 Å². The minimum absolute atomic E-state index is 0.177. The number of benzene rings is 2. The first-order valence-corrected chi connectivity index (χ1v) is 8.18. The maximum Gasteiger partial charge on any atom is 0.273 e. The van der Waals surface area contributed by atoms with Crippen LogP contribution in [-0.2, 0) is 13.0 Å². The Morgan fingerprint density at radius 2 is 2.00 bits per heavy atom. The fraction of sp³-hybridized carbons (Fsp3) is 0.167. The highest BCUT2D eigenvalue weighted by atomic mass is 35.5. The van der Waals surface area contributed by atoms with Crippen LogP contribution in [0.15, 0.2) is 48.7 Å². The van der Waals surface area contributed by atoms with Gasteiger partial charge in [-0.25, -0.2) is 9.07 Å². The van der Waals surface area contributed by atoms with Crippen molar-refractivity contribution in [1.29, 1.82) is 0 Å². The molecule has 3 aromatic rings. The van der Waals surface area contributed by atoms with Gasteiger partial charge in [0.1, 0.15) is 5.82 Å². The number of aromatic nitrogens is 3. The van der Waals surface area contributed by atoms with Crippen LogP contribution in [0.3, 0.4) is 0 Å². The number of nitrogens with one attached hydrogen (secondary N) is 1. The minimum atomic E-state index is -0.419. The van der Waals surface area contributed by atoms with Gasteiger partial charge in [0.2, 0.25) is 0 Å². The fourth-order valence-corrected chi connectivity index (χ4v) is 2.54. The Balaban J connectivity index is 1.67. The van der Waals surface area contributed by atoms with Crippen LogP contribution in [0.1, 0.15) is 28.5 Å². The smallest absolute Gasteiger partial charge is 0.273 e. The van der Waals surface area contributed by atoms with E-state index in [0.29, 0.717) is 5.56 Å². The molecule has 1 N–H and O–H groups in total. The molecule has 7 heteroatoms. The van der Waals surface area contributed by atoms with Gasteiger partial charge in [-0.1, -0.05) is 41.9 Å². The number of carbonyl (C=O) groups is 1. The maximum absolute atomic E-state index is 13.0. The van der Waals surface area contributed by atoms with E-state index in [2.05, 4.69) is 22.6 Å². The molecule has 0 atom stereocenters. The predicted octanol–water partition coefficient (Wildman–Crippen LogP) is 3.55. The number of rotatable bonds is 5. The third-order valence-corrected chi connectivity index (χ3v) is 4.14. The van der Waals surface area contributed by atoms with Crippen LogP contribution in [0.2, 0.25) is 5.02 Å². The van der Waals surface area contributed by atoms with E-state index in [1.165, 1.54) is 23.8 Å². The molecule has 1 heterocycles. The SMILES string of the molecule is CCc1ccc(-n2cc(C(=O)NCc3ccc(F)cc3Cl)nn2)cc1. The van der Waals surface area contributed by atoms with Gasteiger partial charge in [-0.2, -0.15) is 0 Å². The quantitative estimate of drug-likeness (QED) is 0.758. The van der Waals surface area contributed by atoms with Crippen LogP contribution in [0, 0.1) is 5.82 Å². The third-order valence-electron chi connectivity index (χ3n) is 3.79. The lowest BCUT2D eigenvalue weighted by Gasteiger charge is -2.05. The number of aryl methyl sites for hydroxylation is 1. The van der Waals surface area contributed by atoms with E-state index in [9.17, 15) is 9.18 Å². The summed E-state index contributed by atoms with van der Waals surface area (Å²) in [5.74, 6) is -0.797. The second kappa shape index (κ2) is 7.44. The summed E-state index contributed by atoms with van der Waals surface area (Å²) in [6.45, 7) is 2.26. The summed E-state index contributed by atoms with van der Waals surface area (Å²) in [6.07, 6.45) is 2.51. The molecule has 1 aromatic heterocycles. The summed E-state index contributed by atoms with van der Waals surface area (Å²) in [7, 11) is 0. The van der Waals surface area contributed by atoms with E-state index in [1.807, 2.05) is 24.3 Å². The lowest BCUT2D eigenvalue weighted by atomic mass is 10.1. The summed E-state index contributed by atoms with van der Waals surface area (Å²) in [4.78, 5) is 12.2. The van der Waals surface area contributed by atoms with Gasteiger partial charge in [0.05, 0.1) is 11.9 Å². The van der Waals surface area contributed by atoms with Crippen molar-refractivity contribution in [2.45, 2.75) is 19.9 Å². The average Bonchev–Trinajstić information content (AvgIpc) is 3.11. The number of amides is 1. The van der Waals surface area contributed by atoms with Gasteiger partial charge in [-0.3, -0.25) is 4.79 Å². The van der Waals surface area contributed by atoms with E-state index in [1.54, 1.807) is 10.9 Å². The molecular weight excluding hydrogens is 343 g/mol. The molecule has 0 saturated carbocycles. The molecule has 0 spiro atoms. The molecule has 0 fully saturated rings. The van der Waals surface area contributed by atoms with Crippen molar-refractivity contribution in [3.05, 3.63) is 76.3 Å². The Labute approximate surface area is 149 Å². The Bertz CT molecular complexity index is 892. The Morgan fingerprint density at radius 1 is 1.24 bits per heavy atom. The van der Waals surface area contributed by atoms with Crippen molar-refractivity contribution in [3.63, 3.8) is 0 Å². The van der Waals surface area contributed by atoms with Crippen LogP contribution in [-0.4, -0.2) is 20.9 Å². The molecule has 0 aliphatic rings. The third kappa shape index (κ3) is 4.03. The lowest BCUT2D eigenvalue weighted by Crippen LogP contribution is -2.23. The second-order valence-electron chi connectivity index (χ2n) is 5.49. The first-order chi connectivity index (χ1) is 12.1. The van der Waals surface area contributed by atoms with Gasteiger partial charge < -0.3 is 5.32 Å². The van der Waals surface area contributed by atoms with Gasteiger partial charge >= 0.3 is 0 Å². The summed E-state index contributed by atoms with van der Waals surface area (Å²) < 4.78 is 14.6. The normalized spacial score (nSPS) is 10.7. The molecule has 0 bridgehead atoms. The molecule has 2 aromatic carbocycles. The van der Waals surface area contributed by atoms with Gasteiger partial charge in [0.15, 0.2) is 5.69 Å². The molecule has 0 radical (unpaired) electrons. The molecule has 1 amide bonds. The summed E-state index contributed by atoms with van der Waals surface area (Å²) >= 11 is 5.94. The largest absolute Gasteiger partial charge is 0.346 e. The van der Waals surface area contributed by atoms with Crippen LogP contribution in [0.4, 0.5) is 4.39 Å². The van der Waals surface area contributed by atoms with Crippen molar-refractivity contribution >= 4 is 17.5 Å². The van der Waals surface area contributed by atoms with Crippen molar-refractivity contribution in [3.8, 4) is 5.69 Å². The predicted molar refractivity (Wildman–Crippen MR) is 93.3 cm³/mol. The number of carbonyl (C=O) groups excluding carboxylic acids is 1. The summed E-state index contributed by atoms with van der Waals surface area (Å²) in [6, 6.07) is 11.9. The van der Waals surface area contributed by atoms with Gasteiger partial charge in [0, 0.05) is 11.6 Å². The topological polar surface area (TPSA) is 59.8 Å². The van der Waals surface area contributed by atoms with E-state index < -0.39 is 5.82 Å². The minimum Gasteiger partial charge on any atom is -0.346 e. The fourth-order valence-electron chi connectivity index (χ4n) is 2.31. The van der Waals surface area contributed by atoms with Crippen molar-refractivity contribution in [2.75, 3.05) is 0 Å². The highest BCUT2D eigenvalue weighted by molar-refractivity contribution is 6.31. The first-order valence-electron chi connectivity index (χ1n) is 7.80. The Hall–Kier alpha value is -2.73. The van der Waals surface area contributed by atoms with E-state index in [4.69, 9.17) is 11.6 Å². The first kappa shape index (κ1) is 17.1. The number of halogens is 2. The molecule has 0 aliphatic heterocycles. The lowest BCUT2D eigenvalue weighted by molar-refractivity contribution is 0.0946. The van der Waals surface area contributed by atoms with Crippen LogP contribution >= 0.6 is 11.6 Å². The van der Waals surface area contributed by atoms with Crippen molar-refractivity contribution < 1.29 is 9.18 Å². The van der Waals surface area contributed by atoms with Crippen LogP contribution in [0.5, 0.6) is 0 Å². The highest BCUT2D eigenvalue weighted by Crippen LogP contribution is 2.17. The van der Waals surface area contributed by atoms with Gasteiger partial charge in [0.25, 0.3) is 5.91 Å². The number of nitrogens with zero attached hydrogens (tertiary/aromatic N) is 3. The number of hydrogen-bond donors (Lipinski definition) is 1. The zero-order valence-electron chi connectivity index (χ0n) is 13.5. The summed E-state index contributed by atoms with van der Waals surface area (Å²) in [5, 5.41) is 10.8. The van der Waals surface area contributed by atoms with Crippen LogP contribution < -0.4 is 5.32 Å². The monoisotopic (exact) mass is 358 g/mol. The highest BCUT2D eigenvalue weighted by Gasteiger charge is 2.12. The Kier molecular flexibility index (Phi) is 5.09. The molecular formula is C18H16ClFN4O.